The first-order valence-corrected chi connectivity index (χ1v) is 9.75. The van der Waals surface area contributed by atoms with Crippen LogP contribution in [0.15, 0.2) is 67.3 Å². The van der Waals surface area contributed by atoms with Gasteiger partial charge in [0.15, 0.2) is 0 Å². The summed E-state index contributed by atoms with van der Waals surface area (Å²) in [5.41, 5.74) is 3.18. The van der Waals surface area contributed by atoms with E-state index in [1.165, 1.54) is 11.9 Å². The number of amides is 1. The van der Waals surface area contributed by atoms with Crippen LogP contribution in [0.5, 0.6) is 0 Å². The Hall–Kier alpha value is -2.99. The smallest absolute Gasteiger partial charge is 0.253 e. The maximum atomic E-state index is 12.9. The van der Waals surface area contributed by atoms with Crippen molar-refractivity contribution >= 4 is 5.91 Å². The van der Waals surface area contributed by atoms with Gasteiger partial charge < -0.3 is 4.90 Å². The molecule has 0 atom stereocenters. The molecule has 2 heterocycles. The maximum Gasteiger partial charge on any atom is 0.253 e. The standard InChI is InChI=1S/C22H25N5O/c28-22(21-9-7-20(8-10-21)16-27-18-23-17-24-27)26-12-4-11-25(13-14-26)15-19-5-2-1-3-6-19/h1-3,5-10,17-18H,4,11-16H2. The predicted octanol–water partition coefficient (Wildman–Crippen LogP) is 2.67. The first-order valence-electron chi connectivity index (χ1n) is 9.75. The minimum absolute atomic E-state index is 0.119. The zero-order valence-corrected chi connectivity index (χ0v) is 15.9. The number of carbonyl (C=O) groups is 1. The summed E-state index contributed by atoms with van der Waals surface area (Å²) in [5, 5.41) is 4.12. The minimum Gasteiger partial charge on any atom is -0.337 e. The van der Waals surface area contributed by atoms with E-state index in [0.717, 1.165) is 50.3 Å². The lowest BCUT2D eigenvalue weighted by Gasteiger charge is -2.22. The van der Waals surface area contributed by atoms with Gasteiger partial charge in [-0.3, -0.25) is 9.69 Å². The third-order valence-corrected chi connectivity index (χ3v) is 5.14. The quantitative estimate of drug-likeness (QED) is 0.688. The van der Waals surface area contributed by atoms with Crippen LogP contribution in [-0.4, -0.2) is 56.7 Å². The highest BCUT2D eigenvalue weighted by atomic mass is 16.2. The van der Waals surface area contributed by atoms with Crippen molar-refractivity contribution in [2.45, 2.75) is 19.5 Å². The van der Waals surface area contributed by atoms with Gasteiger partial charge in [0.1, 0.15) is 12.7 Å². The maximum absolute atomic E-state index is 12.9. The van der Waals surface area contributed by atoms with E-state index in [0.29, 0.717) is 6.54 Å². The monoisotopic (exact) mass is 375 g/mol. The van der Waals surface area contributed by atoms with Crippen molar-refractivity contribution in [3.05, 3.63) is 83.9 Å². The van der Waals surface area contributed by atoms with Gasteiger partial charge in [0.25, 0.3) is 5.91 Å². The third kappa shape index (κ3) is 4.64. The van der Waals surface area contributed by atoms with Crippen molar-refractivity contribution in [3.63, 3.8) is 0 Å². The van der Waals surface area contributed by atoms with Gasteiger partial charge in [-0.2, -0.15) is 5.10 Å². The number of carbonyl (C=O) groups excluding carboxylic acids is 1. The summed E-state index contributed by atoms with van der Waals surface area (Å²) in [4.78, 5) is 21.3. The molecule has 144 valence electrons. The van der Waals surface area contributed by atoms with Crippen LogP contribution in [0.25, 0.3) is 0 Å². The average Bonchev–Trinajstić information content (AvgIpc) is 3.13. The highest BCUT2D eigenvalue weighted by Gasteiger charge is 2.20. The fourth-order valence-corrected chi connectivity index (χ4v) is 3.61. The average molecular weight is 375 g/mol. The van der Waals surface area contributed by atoms with Gasteiger partial charge in [-0.05, 0) is 29.7 Å². The number of rotatable bonds is 5. The largest absolute Gasteiger partial charge is 0.337 e. The third-order valence-electron chi connectivity index (χ3n) is 5.14. The SMILES string of the molecule is O=C(c1ccc(Cn2cncn2)cc1)N1CCCN(Cc2ccccc2)CC1. The molecule has 1 aliphatic heterocycles. The number of benzene rings is 2. The van der Waals surface area contributed by atoms with Crippen LogP contribution in [0.2, 0.25) is 0 Å². The lowest BCUT2D eigenvalue weighted by molar-refractivity contribution is 0.0761. The van der Waals surface area contributed by atoms with Crippen molar-refractivity contribution in [2.75, 3.05) is 26.2 Å². The molecule has 0 saturated carbocycles. The predicted molar refractivity (Wildman–Crippen MR) is 108 cm³/mol. The summed E-state index contributed by atoms with van der Waals surface area (Å²) in [6, 6.07) is 18.4. The molecule has 1 fully saturated rings. The van der Waals surface area contributed by atoms with Gasteiger partial charge in [0.2, 0.25) is 0 Å². The lowest BCUT2D eigenvalue weighted by Crippen LogP contribution is -2.35. The number of nitrogens with zero attached hydrogens (tertiary/aromatic N) is 5. The highest BCUT2D eigenvalue weighted by Crippen LogP contribution is 2.13. The molecule has 1 saturated heterocycles. The number of hydrogen-bond donors (Lipinski definition) is 0. The zero-order chi connectivity index (χ0) is 19.2. The molecule has 0 radical (unpaired) electrons. The fourth-order valence-electron chi connectivity index (χ4n) is 3.61. The molecule has 1 aliphatic rings. The van der Waals surface area contributed by atoms with Crippen LogP contribution in [0.1, 0.15) is 27.9 Å². The van der Waals surface area contributed by atoms with E-state index < -0.39 is 0 Å². The van der Waals surface area contributed by atoms with Gasteiger partial charge in [-0.25, -0.2) is 9.67 Å². The Morgan fingerprint density at radius 1 is 0.857 bits per heavy atom. The first-order chi connectivity index (χ1) is 13.8. The zero-order valence-electron chi connectivity index (χ0n) is 15.9. The molecule has 0 aliphatic carbocycles. The molecule has 0 N–H and O–H groups in total. The van der Waals surface area contributed by atoms with Gasteiger partial charge in [-0.15, -0.1) is 0 Å². The first kappa shape index (κ1) is 18.4. The Kier molecular flexibility index (Phi) is 5.77. The number of aromatic nitrogens is 3. The normalized spacial score (nSPS) is 15.4. The lowest BCUT2D eigenvalue weighted by atomic mass is 10.1. The van der Waals surface area contributed by atoms with Crippen LogP contribution in [-0.2, 0) is 13.1 Å². The molecule has 1 aromatic heterocycles. The molecule has 6 nitrogen and oxygen atoms in total. The fraction of sp³-hybridized carbons (Fsp3) is 0.318. The van der Waals surface area contributed by atoms with E-state index in [2.05, 4.69) is 39.2 Å². The molecule has 0 bridgehead atoms. The summed E-state index contributed by atoms with van der Waals surface area (Å²) in [6.45, 7) is 5.12. The topological polar surface area (TPSA) is 54.3 Å². The van der Waals surface area contributed by atoms with E-state index in [-0.39, 0.29) is 5.91 Å². The van der Waals surface area contributed by atoms with Crippen molar-refractivity contribution in [1.29, 1.82) is 0 Å². The second-order valence-corrected chi connectivity index (χ2v) is 7.20. The van der Waals surface area contributed by atoms with Crippen LogP contribution in [0.4, 0.5) is 0 Å². The minimum atomic E-state index is 0.119. The Balaban J connectivity index is 1.34. The second-order valence-electron chi connectivity index (χ2n) is 7.20. The molecular formula is C22H25N5O. The molecule has 3 aromatic rings. The Morgan fingerprint density at radius 2 is 1.64 bits per heavy atom. The van der Waals surface area contributed by atoms with Crippen LogP contribution in [0, 0.1) is 0 Å². The van der Waals surface area contributed by atoms with Crippen molar-refractivity contribution in [3.8, 4) is 0 Å². The molecule has 2 aromatic carbocycles. The Labute approximate surface area is 165 Å². The van der Waals surface area contributed by atoms with E-state index in [1.807, 2.05) is 35.2 Å². The van der Waals surface area contributed by atoms with Gasteiger partial charge in [-0.1, -0.05) is 42.5 Å². The highest BCUT2D eigenvalue weighted by molar-refractivity contribution is 5.94. The van der Waals surface area contributed by atoms with Gasteiger partial charge in [0, 0.05) is 38.3 Å². The molecule has 6 heteroatoms. The van der Waals surface area contributed by atoms with Crippen molar-refractivity contribution in [1.82, 2.24) is 24.6 Å². The summed E-state index contributed by atoms with van der Waals surface area (Å²) in [7, 11) is 0. The molecule has 1 amide bonds. The number of hydrogen-bond acceptors (Lipinski definition) is 4. The summed E-state index contributed by atoms with van der Waals surface area (Å²) < 4.78 is 1.77. The molecule has 4 rings (SSSR count). The Morgan fingerprint density at radius 3 is 2.39 bits per heavy atom. The van der Waals surface area contributed by atoms with Crippen LogP contribution >= 0.6 is 0 Å². The molecule has 0 unspecified atom stereocenters. The van der Waals surface area contributed by atoms with Crippen molar-refractivity contribution in [2.24, 2.45) is 0 Å². The second kappa shape index (κ2) is 8.80. The van der Waals surface area contributed by atoms with E-state index in [1.54, 1.807) is 11.0 Å². The summed E-state index contributed by atoms with van der Waals surface area (Å²) in [6.07, 6.45) is 4.22. The van der Waals surface area contributed by atoms with Gasteiger partial charge in [0.05, 0.1) is 6.54 Å². The van der Waals surface area contributed by atoms with E-state index >= 15 is 0 Å². The summed E-state index contributed by atoms with van der Waals surface area (Å²) in [5.74, 6) is 0.119. The van der Waals surface area contributed by atoms with Gasteiger partial charge >= 0.3 is 0 Å². The molecule has 0 spiro atoms. The van der Waals surface area contributed by atoms with Crippen molar-refractivity contribution < 1.29 is 4.79 Å². The summed E-state index contributed by atoms with van der Waals surface area (Å²) >= 11 is 0. The van der Waals surface area contributed by atoms with E-state index in [4.69, 9.17) is 0 Å². The van der Waals surface area contributed by atoms with E-state index in [9.17, 15) is 4.79 Å². The van der Waals surface area contributed by atoms with Crippen LogP contribution < -0.4 is 0 Å². The molecular weight excluding hydrogens is 350 g/mol. The molecule has 28 heavy (non-hydrogen) atoms. The van der Waals surface area contributed by atoms with Crippen LogP contribution in [0.3, 0.4) is 0 Å². The Bertz CT molecular complexity index is 877.